The predicted molar refractivity (Wildman–Crippen MR) is 53.7 cm³/mol. The monoisotopic (exact) mass is 199 g/mol. The van der Waals surface area contributed by atoms with E-state index >= 15 is 0 Å². The van der Waals surface area contributed by atoms with Crippen LogP contribution in [0.4, 0.5) is 8.78 Å². The first-order chi connectivity index (χ1) is 6.75. The Labute approximate surface area is 83.1 Å². The van der Waals surface area contributed by atoms with Crippen molar-refractivity contribution in [3.8, 4) is 0 Å². The number of nitrogens with one attached hydrogen (secondary N) is 1. The first-order valence-corrected chi connectivity index (χ1v) is 4.73. The third-order valence-corrected chi connectivity index (χ3v) is 2.24. The van der Waals surface area contributed by atoms with Gasteiger partial charge in [0.25, 0.3) is 0 Å². The van der Waals surface area contributed by atoms with Crippen LogP contribution in [0.15, 0.2) is 30.3 Å². The van der Waals surface area contributed by atoms with Crippen molar-refractivity contribution >= 4 is 0 Å². The Morgan fingerprint density at radius 3 is 2.36 bits per heavy atom. The summed E-state index contributed by atoms with van der Waals surface area (Å²) in [6, 6.07) is 8.94. The molecule has 0 radical (unpaired) electrons. The van der Waals surface area contributed by atoms with Gasteiger partial charge in [-0.25, -0.2) is 8.78 Å². The van der Waals surface area contributed by atoms with Crippen LogP contribution in [0.2, 0.25) is 0 Å². The van der Waals surface area contributed by atoms with Crippen molar-refractivity contribution in [3.05, 3.63) is 35.9 Å². The zero-order valence-electron chi connectivity index (χ0n) is 8.21. The highest BCUT2D eigenvalue weighted by Crippen LogP contribution is 2.25. The molecule has 0 aliphatic heterocycles. The minimum atomic E-state index is -2.29. The Hall–Kier alpha value is -0.960. The Morgan fingerprint density at radius 1 is 1.21 bits per heavy atom. The van der Waals surface area contributed by atoms with Crippen LogP contribution in [0.1, 0.15) is 17.9 Å². The predicted octanol–water partition coefficient (Wildman–Crippen LogP) is 2.64. The van der Waals surface area contributed by atoms with E-state index < -0.39 is 12.3 Å². The lowest BCUT2D eigenvalue weighted by Gasteiger charge is -2.15. The SMILES string of the molecule is CNCCC(c1ccccc1)C(F)F. The number of benzene rings is 1. The highest BCUT2D eigenvalue weighted by molar-refractivity contribution is 5.20. The molecule has 78 valence electrons. The molecule has 0 heterocycles. The summed E-state index contributed by atoms with van der Waals surface area (Å²) in [7, 11) is 1.77. The topological polar surface area (TPSA) is 12.0 Å². The smallest absolute Gasteiger partial charge is 0.245 e. The lowest BCUT2D eigenvalue weighted by Crippen LogP contribution is -2.17. The minimum Gasteiger partial charge on any atom is -0.320 e. The van der Waals surface area contributed by atoms with E-state index in [0.717, 1.165) is 5.56 Å². The van der Waals surface area contributed by atoms with Crippen molar-refractivity contribution in [1.29, 1.82) is 0 Å². The van der Waals surface area contributed by atoms with E-state index in [4.69, 9.17) is 0 Å². The summed E-state index contributed by atoms with van der Waals surface area (Å²) in [4.78, 5) is 0. The molecule has 0 aliphatic rings. The molecular weight excluding hydrogens is 184 g/mol. The van der Waals surface area contributed by atoms with E-state index in [1.807, 2.05) is 6.07 Å². The van der Waals surface area contributed by atoms with E-state index in [0.29, 0.717) is 13.0 Å². The largest absolute Gasteiger partial charge is 0.320 e. The van der Waals surface area contributed by atoms with Gasteiger partial charge < -0.3 is 5.32 Å². The number of rotatable bonds is 5. The molecule has 0 saturated heterocycles. The van der Waals surface area contributed by atoms with Crippen molar-refractivity contribution in [2.75, 3.05) is 13.6 Å². The summed E-state index contributed by atoms with van der Waals surface area (Å²) in [6.45, 7) is 0.615. The average molecular weight is 199 g/mol. The molecule has 0 saturated carbocycles. The molecule has 1 rings (SSSR count). The summed E-state index contributed by atoms with van der Waals surface area (Å²) in [5.41, 5.74) is 0.720. The number of halogens is 2. The molecule has 0 aliphatic carbocycles. The van der Waals surface area contributed by atoms with E-state index in [1.165, 1.54) is 0 Å². The van der Waals surface area contributed by atoms with Gasteiger partial charge in [-0.05, 0) is 25.6 Å². The van der Waals surface area contributed by atoms with Crippen LogP contribution < -0.4 is 5.32 Å². The summed E-state index contributed by atoms with van der Waals surface area (Å²) in [6.07, 6.45) is -1.82. The Balaban J connectivity index is 2.68. The van der Waals surface area contributed by atoms with Crippen LogP contribution in [0.5, 0.6) is 0 Å². The Bertz CT molecular complexity index is 249. The van der Waals surface area contributed by atoms with Crippen LogP contribution in [0, 0.1) is 0 Å². The standard InChI is InChI=1S/C11H15F2N/c1-14-8-7-10(11(12)13)9-5-3-2-4-6-9/h2-6,10-11,14H,7-8H2,1H3. The van der Waals surface area contributed by atoms with Gasteiger partial charge in [0, 0.05) is 5.92 Å². The molecule has 0 spiro atoms. The average Bonchev–Trinajstić information content (AvgIpc) is 2.19. The molecule has 0 aromatic heterocycles. The van der Waals surface area contributed by atoms with Gasteiger partial charge in [0.05, 0.1) is 0 Å². The lowest BCUT2D eigenvalue weighted by molar-refractivity contribution is 0.110. The molecule has 1 unspecified atom stereocenters. The fourth-order valence-electron chi connectivity index (χ4n) is 1.44. The van der Waals surface area contributed by atoms with Gasteiger partial charge in [-0.15, -0.1) is 0 Å². The fraction of sp³-hybridized carbons (Fsp3) is 0.455. The maximum atomic E-state index is 12.7. The van der Waals surface area contributed by atoms with Crippen molar-refractivity contribution < 1.29 is 8.78 Å². The highest BCUT2D eigenvalue weighted by atomic mass is 19.3. The molecule has 1 atom stereocenters. The lowest BCUT2D eigenvalue weighted by atomic mass is 9.96. The van der Waals surface area contributed by atoms with Crippen LogP contribution in [0.25, 0.3) is 0 Å². The highest BCUT2D eigenvalue weighted by Gasteiger charge is 2.21. The van der Waals surface area contributed by atoms with Crippen LogP contribution in [-0.4, -0.2) is 20.0 Å². The van der Waals surface area contributed by atoms with E-state index in [2.05, 4.69) is 5.32 Å². The van der Waals surface area contributed by atoms with Crippen LogP contribution in [0.3, 0.4) is 0 Å². The second kappa shape index (κ2) is 5.70. The van der Waals surface area contributed by atoms with Gasteiger partial charge in [0.2, 0.25) is 6.43 Å². The molecule has 3 heteroatoms. The normalized spacial score (nSPS) is 13.1. The maximum absolute atomic E-state index is 12.7. The maximum Gasteiger partial charge on any atom is 0.245 e. The van der Waals surface area contributed by atoms with E-state index in [9.17, 15) is 8.78 Å². The fourth-order valence-corrected chi connectivity index (χ4v) is 1.44. The molecule has 0 amide bonds. The van der Waals surface area contributed by atoms with Gasteiger partial charge in [-0.2, -0.15) is 0 Å². The van der Waals surface area contributed by atoms with Crippen LogP contribution in [-0.2, 0) is 0 Å². The molecule has 1 aromatic carbocycles. The second-order valence-corrected chi connectivity index (χ2v) is 3.24. The van der Waals surface area contributed by atoms with Crippen molar-refractivity contribution in [2.45, 2.75) is 18.8 Å². The zero-order chi connectivity index (χ0) is 10.4. The third kappa shape index (κ3) is 3.07. The molecule has 1 nitrogen and oxygen atoms in total. The van der Waals surface area contributed by atoms with Gasteiger partial charge in [0.15, 0.2) is 0 Å². The molecule has 1 aromatic rings. The number of alkyl halides is 2. The van der Waals surface area contributed by atoms with Gasteiger partial charge in [-0.1, -0.05) is 30.3 Å². The van der Waals surface area contributed by atoms with Crippen molar-refractivity contribution in [2.24, 2.45) is 0 Å². The summed E-state index contributed by atoms with van der Waals surface area (Å²) < 4.78 is 25.4. The van der Waals surface area contributed by atoms with Crippen molar-refractivity contribution in [3.63, 3.8) is 0 Å². The Kier molecular flexibility index (Phi) is 4.53. The first-order valence-electron chi connectivity index (χ1n) is 4.73. The van der Waals surface area contributed by atoms with E-state index in [-0.39, 0.29) is 0 Å². The first kappa shape index (κ1) is 11.1. The summed E-state index contributed by atoms with van der Waals surface area (Å²) in [5, 5.41) is 2.89. The Morgan fingerprint density at radius 2 is 1.86 bits per heavy atom. The summed E-state index contributed by atoms with van der Waals surface area (Å²) in [5.74, 6) is -0.649. The molecule has 14 heavy (non-hydrogen) atoms. The quantitative estimate of drug-likeness (QED) is 0.768. The minimum absolute atomic E-state index is 0.470. The summed E-state index contributed by atoms with van der Waals surface area (Å²) >= 11 is 0. The third-order valence-electron chi connectivity index (χ3n) is 2.24. The molecule has 0 bridgehead atoms. The van der Waals surface area contributed by atoms with Crippen LogP contribution >= 0.6 is 0 Å². The van der Waals surface area contributed by atoms with Gasteiger partial charge in [-0.3, -0.25) is 0 Å². The van der Waals surface area contributed by atoms with Crippen molar-refractivity contribution in [1.82, 2.24) is 5.32 Å². The molecule has 0 fully saturated rings. The second-order valence-electron chi connectivity index (χ2n) is 3.24. The zero-order valence-corrected chi connectivity index (χ0v) is 8.21. The number of hydrogen-bond donors (Lipinski definition) is 1. The number of hydrogen-bond acceptors (Lipinski definition) is 1. The van der Waals surface area contributed by atoms with E-state index in [1.54, 1.807) is 31.3 Å². The molecule has 1 N–H and O–H groups in total. The molecular formula is C11H15F2N. The van der Waals surface area contributed by atoms with Gasteiger partial charge in [0.1, 0.15) is 0 Å². The van der Waals surface area contributed by atoms with Gasteiger partial charge >= 0.3 is 0 Å².